The van der Waals surface area contributed by atoms with Crippen molar-refractivity contribution in [3.63, 3.8) is 0 Å². The molecule has 1 saturated heterocycles. The highest BCUT2D eigenvalue weighted by molar-refractivity contribution is 5.48. The molecule has 0 saturated carbocycles. The van der Waals surface area contributed by atoms with Gasteiger partial charge in [-0.3, -0.25) is 10.1 Å². The molecule has 0 radical (unpaired) electrons. The van der Waals surface area contributed by atoms with E-state index in [1.807, 2.05) is 0 Å². The van der Waals surface area contributed by atoms with Crippen LogP contribution in [0.3, 0.4) is 0 Å². The molecule has 1 aliphatic heterocycles. The second-order valence-electron chi connectivity index (χ2n) is 5.34. The maximum Gasteiger partial charge on any atom is 0.269 e. The summed E-state index contributed by atoms with van der Waals surface area (Å²) in [5.41, 5.74) is 1.16. The van der Waals surface area contributed by atoms with Crippen LogP contribution in [0.15, 0.2) is 24.3 Å². The minimum atomic E-state index is -0.386. The average Bonchev–Trinajstić information content (AvgIpc) is 2.47. The van der Waals surface area contributed by atoms with E-state index >= 15 is 0 Å². The van der Waals surface area contributed by atoms with Crippen LogP contribution in [0.25, 0.3) is 0 Å². The van der Waals surface area contributed by atoms with E-state index in [0.717, 1.165) is 44.8 Å². The van der Waals surface area contributed by atoms with Gasteiger partial charge in [0, 0.05) is 36.9 Å². The van der Waals surface area contributed by atoms with Gasteiger partial charge in [0.05, 0.1) is 11.5 Å². The Morgan fingerprint density at radius 2 is 2.00 bits per heavy atom. The first kappa shape index (κ1) is 14.7. The van der Waals surface area contributed by atoms with E-state index in [9.17, 15) is 10.1 Å². The molecule has 6 nitrogen and oxygen atoms in total. The molecule has 1 fully saturated rings. The number of hydrogen-bond donors (Lipinski definition) is 2. The zero-order valence-corrected chi connectivity index (χ0v) is 11.7. The van der Waals surface area contributed by atoms with Crippen molar-refractivity contribution >= 4 is 11.4 Å². The molecule has 0 amide bonds. The Hall–Kier alpha value is -1.66. The van der Waals surface area contributed by atoms with Crippen LogP contribution in [-0.4, -0.2) is 38.3 Å². The summed E-state index contributed by atoms with van der Waals surface area (Å²) in [5, 5.41) is 17.3. The molecular formula is C14H21N3O3. The van der Waals surface area contributed by atoms with Crippen molar-refractivity contribution in [2.75, 3.05) is 38.7 Å². The number of nitrogens with one attached hydrogen (secondary N) is 2. The largest absolute Gasteiger partial charge is 0.384 e. The quantitative estimate of drug-likeness (QED) is 0.615. The highest BCUT2D eigenvalue weighted by Crippen LogP contribution is 2.29. The molecule has 2 rings (SSSR count). The number of hydrogen-bond acceptors (Lipinski definition) is 5. The lowest BCUT2D eigenvalue weighted by Gasteiger charge is -2.37. The number of nitrogens with zero attached hydrogens (tertiary/aromatic N) is 1. The maximum absolute atomic E-state index is 10.6. The molecule has 110 valence electrons. The highest BCUT2D eigenvalue weighted by atomic mass is 16.6. The van der Waals surface area contributed by atoms with Crippen molar-refractivity contribution in [1.29, 1.82) is 0 Å². The van der Waals surface area contributed by atoms with Crippen LogP contribution >= 0.6 is 0 Å². The summed E-state index contributed by atoms with van der Waals surface area (Å²) >= 11 is 0. The summed E-state index contributed by atoms with van der Waals surface area (Å²) in [6, 6.07) is 6.54. The predicted octanol–water partition coefficient (Wildman–Crippen LogP) is 2.02. The third-order valence-electron chi connectivity index (χ3n) is 3.86. The zero-order valence-electron chi connectivity index (χ0n) is 11.7. The Labute approximate surface area is 118 Å². The van der Waals surface area contributed by atoms with Crippen molar-refractivity contribution in [1.82, 2.24) is 5.32 Å². The van der Waals surface area contributed by atoms with Crippen molar-refractivity contribution in [3.05, 3.63) is 34.4 Å². The normalized spacial score (nSPS) is 17.6. The molecule has 20 heavy (non-hydrogen) atoms. The molecule has 0 bridgehead atoms. The van der Waals surface area contributed by atoms with Crippen molar-refractivity contribution in [3.8, 4) is 0 Å². The molecule has 1 aliphatic rings. The molecule has 1 aromatic carbocycles. The van der Waals surface area contributed by atoms with Crippen LogP contribution < -0.4 is 10.6 Å². The second-order valence-corrected chi connectivity index (χ2v) is 5.34. The van der Waals surface area contributed by atoms with Crippen molar-refractivity contribution in [2.45, 2.75) is 12.8 Å². The molecule has 0 spiro atoms. The Morgan fingerprint density at radius 3 is 2.55 bits per heavy atom. The SMILES string of the molecule is COCC1(CNc2ccc([N+](=O)[O-])cc2)CCNCC1. The zero-order chi connectivity index (χ0) is 14.4. The summed E-state index contributed by atoms with van der Waals surface area (Å²) in [6.45, 7) is 3.56. The van der Waals surface area contributed by atoms with Gasteiger partial charge < -0.3 is 15.4 Å². The molecule has 0 aliphatic carbocycles. The third kappa shape index (κ3) is 3.68. The van der Waals surface area contributed by atoms with E-state index in [1.165, 1.54) is 12.1 Å². The molecule has 6 heteroatoms. The molecule has 0 unspecified atom stereocenters. The van der Waals surface area contributed by atoms with Crippen LogP contribution in [0, 0.1) is 15.5 Å². The van der Waals surface area contributed by atoms with E-state index in [2.05, 4.69) is 10.6 Å². The lowest BCUT2D eigenvalue weighted by molar-refractivity contribution is -0.384. The van der Waals surface area contributed by atoms with E-state index < -0.39 is 0 Å². The van der Waals surface area contributed by atoms with Gasteiger partial charge in [-0.2, -0.15) is 0 Å². The molecule has 1 aromatic rings. The van der Waals surface area contributed by atoms with E-state index in [0.29, 0.717) is 0 Å². The third-order valence-corrected chi connectivity index (χ3v) is 3.86. The maximum atomic E-state index is 10.6. The second kappa shape index (κ2) is 6.67. The smallest absolute Gasteiger partial charge is 0.269 e. The molecule has 2 N–H and O–H groups in total. The minimum Gasteiger partial charge on any atom is -0.384 e. The summed E-state index contributed by atoms with van der Waals surface area (Å²) in [6.07, 6.45) is 2.14. The van der Waals surface area contributed by atoms with Crippen LogP contribution in [-0.2, 0) is 4.74 Å². The number of anilines is 1. The van der Waals surface area contributed by atoms with Crippen LogP contribution in [0.4, 0.5) is 11.4 Å². The fraction of sp³-hybridized carbons (Fsp3) is 0.571. The van der Waals surface area contributed by atoms with E-state index in [1.54, 1.807) is 19.2 Å². The van der Waals surface area contributed by atoms with Gasteiger partial charge in [0.25, 0.3) is 5.69 Å². The summed E-state index contributed by atoms with van der Waals surface area (Å²) in [4.78, 5) is 10.2. The minimum absolute atomic E-state index is 0.115. The number of nitro groups is 1. The lowest BCUT2D eigenvalue weighted by atomic mass is 9.79. The van der Waals surface area contributed by atoms with Gasteiger partial charge in [-0.25, -0.2) is 0 Å². The first-order valence-corrected chi connectivity index (χ1v) is 6.83. The van der Waals surface area contributed by atoms with Crippen molar-refractivity contribution < 1.29 is 9.66 Å². The number of nitro benzene ring substituents is 1. The number of benzene rings is 1. The Kier molecular flexibility index (Phi) is 4.92. The monoisotopic (exact) mass is 279 g/mol. The Morgan fingerprint density at radius 1 is 1.35 bits per heavy atom. The van der Waals surface area contributed by atoms with Gasteiger partial charge >= 0.3 is 0 Å². The number of rotatable bonds is 6. The Bertz CT molecular complexity index is 436. The highest BCUT2D eigenvalue weighted by Gasteiger charge is 2.31. The van der Waals surface area contributed by atoms with Crippen molar-refractivity contribution in [2.24, 2.45) is 5.41 Å². The number of piperidine rings is 1. The molecule has 0 aromatic heterocycles. The standard InChI is InChI=1S/C14H21N3O3/c1-20-11-14(6-8-15-9-7-14)10-16-12-2-4-13(5-3-12)17(18)19/h2-5,15-16H,6-11H2,1H3. The first-order chi connectivity index (χ1) is 9.65. The number of ether oxygens (including phenoxy) is 1. The summed E-state index contributed by atoms with van der Waals surface area (Å²) in [5.74, 6) is 0. The van der Waals surface area contributed by atoms with Crippen LogP contribution in [0.5, 0.6) is 0 Å². The average molecular weight is 279 g/mol. The summed E-state index contributed by atoms with van der Waals surface area (Å²) in [7, 11) is 1.73. The van der Waals surface area contributed by atoms with Gasteiger partial charge in [-0.15, -0.1) is 0 Å². The molecule has 0 atom stereocenters. The fourth-order valence-corrected chi connectivity index (χ4v) is 2.63. The molecule has 1 heterocycles. The van der Waals surface area contributed by atoms with Gasteiger partial charge in [0.2, 0.25) is 0 Å². The predicted molar refractivity (Wildman–Crippen MR) is 78.0 cm³/mol. The van der Waals surface area contributed by atoms with Crippen LogP contribution in [0.2, 0.25) is 0 Å². The summed E-state index contributed by atoms with van der Waals surface area (Å²) < 4.78 is 5.37. The number of non-ortho nitro benzene ring substituents is 1. The van der Waals surface area contributed by atoms with Gasteiger partial charge in [-0.1, -0.05) is 0 Å². The van der Waals surface area contributed by atoms with Crippen LogP contribution in [0.1, 0.15) is 12.8 Å². The van der Waals surface area contributed by atoms with Gasteiger partial charge in [0.15, 0.2) is 0 Å². The van der Waals surface area contributed by atoms with E-state index in [-0.39, 0.29) is 16.0 Å². The first-order valence-electron chi connectivity index (χ1n) is 6.83. The Balaban J connectivity index is 1.96. The number of methoxy groups -OCH3 is 1. The van der Waals surface area contributed by atoms with E-state index in [4.69, 9.17) is 4.74 Å². The van der Waals surface area contributed by atoms with Gasteiger partial charge in [-0.05, 0) is 38.1 Å². The lowest BCUT2D eigenvalue weighted by Crippen LogP contribution is -2.44. The van der Waals surface area contributed by atoms with Gasteiger partial charge in [0.1, 0.15) is 0 Å². The topological polar surface area (TPSA) is 76.4 Å². The molecular weight excluding hydrogens is 258 g/mol. The fourth-order valence-electron chi connectivity index (χ4n) is 2.63.